The van der Waals surface area contributed by atoms with Crippen LogP contribution in [-0.4, -0.2) is 50.3 Å². The summed E-state index contributed by atoms with van der Waals surface area (Å²) in [5.41, 5.74) is 0. The smallest absolute Gasteiger partial charge is 0.0587 e. The Morgan fingerprint density at radius 3 is 2.50 bits per heavy atom. The number of hydrogen-bond acceptors (Lipinski definition) is 3. The van der Waals surface area contributed by atoms with Crippen molar-refractivity contribution in [3.8, 4) is 0 Å². The van der Waals surface area contributed by atoms with Crippen LogP contribution in [0.4, 0.5) is 0 Å². The number of ether oxygens (including phenoxy) is 1. The lowest BCUT2D eigenvalue weighted by Gasteiger charge is -2.33. The highest BCUT2D eigenvalue weighted by molar-refractivity contribution is 4.82. The van der Waals surface area contributed by atoms with Crippen LogP contribution in [0.3, 0.4) is 0 Å². The summed E-state index contributed by atoms with van der Waals surface area (Å²) in [4.78, 5) is 2.62. The molecular weight excluding hydrogens is 200 g/mol. The normalized spacial score (nSPS) is 18.4. The van der Waals surface area contributed by atoms with E-state index in [1.807, 2.05) is 0 Å². The van der Waals surface area contributed by atoms with Gasteiger partial charge in [0.05, 0.1) is 6.61 Å². The molecule has 0 aromatic heterocycles. The van der Waals surface area contributed by atoms with E-state index in [1.165, 1.54) is 19.4 Å². The minimum absolute atomic E-state index is 0.623. The molecule has 1 rings (SSSR count). The highest BCUT2D eigenvalue weighted by atomic mass is 16.5. The fourth-order valence-electron chi connectivity index (χ4n) is 2.10. The molecule has 0 amide bonds. The average Bonchev–Trinajstić information content (AvgIpc) is 3.04. The van der Waals surface area contributed by atoms with E-state index in [0.717, 1.165) is 25.6 Å². The van der Waals surface area contributed by atoms with Crippen molar-refractivity contribution < 1.29 is 4.74 Å². The molecule has 1 saturated carbocycles. The molecule has 1 fully saturated rings. The van der Waals surface area contributed by atoms with E-state index in [9.17, 15) is 0 Å². The third-order valence-corrected chi connectivity index (χ3v) is 3.32. The van der Waals surface area contributed by atoms with Gasteiger partial charge < -0.3 is 10.1 Å². The van der Waals surface area contributed by atoms with Gasteiger partial charge in [-0.15, -0.1) is 0 Å². The highest BCUT2D eigenvalue weighted by Gasteiger charge is 2.27. The van der Waals surface area contributed by atoms with E-state index < -0.39 is 0 Å². The van der Waals surface area contributed by atoms with Gasteiger partial charge in [-0.25, -0.2) is 0 Å². The third kappa shape index (κ3) is 5.28. The van der Waals surface area contributed by atoms with Crippen molar-refractivity contribution in [2.75, 3.05) is 33.4 Å². The van der Waals surface area contributed by atoms with Gasteiger partial charge in [0.2, 0.25) is 0 Å². The van der Waals surface area contributed by atoms with Crippen molar-refractivity contribution in [3.63, 3.8) is 0 Å². The molecule has 3 nitrogen and oxygen atoms in total. The first-order valence-corrected chi connectivity index (χ1v) is 6.60. The fourth-order valence-corrected chi connectivity index (χ4v) is 2.10. The second kappa shape index (κ2) is 7.25. The van der Waals surface area contributed by atoms with Gasteiger partial charge in [0.15, 0.2) is 0 Å². The van der Waals surface area contributed by atoms with E-state index in [4.69, 9.17) is 4.74 Å². The van der Waals surface area contributed by atoms with Crippen molar-refractivity contribution in [2.45, 2.75) is 45.7 Å². The Kier molecular flexibility index (Phi) is 6.32. The molecule has 0 aromatic rings. The zero-order chi connectivity index (χ0) is 12.0. The van der Waals surface area contributed by atoms with Crippen LogP contribution in [0.1, 0.15) is 33.6 Å². The maximum Gasteiger partial charge on any atom is 0.0587 e. The van der Waals surface area contributed by atoms with Crippen LogP contribution in [0.5, 0.6) is 0 Å². The Labute approximate surface area is 101 Å². The molecule has 0 aromatic carbocycles. The first-order chi connectivity index (χ1) is 7.65. The van der Waals surface area contributed by atoms with Crippen molar-refractivity contribution in [1.29, 1.82) is 0 Å². The summed E-state index contributed by atoms with van der Waals surface area (Å²) < 4.78 is 5.03. The molecule has 16 heavy (non-hydrogen) atoms. The van der Waals surface area contributed by atoms with Gasteiger partial charge in [0.25, 0.3) is 0 Å². The molecule has 0 saturated heterocycles. The minimum Gasteiger partial charge on any atom is -0.383 e. The van der Waals surface area contributed by atoms with Gasteiger partial charge in [0, 0.05) is 38.8 Å². The van der Waals surface area contributed by atoms with Gasteiger partial charge in [-0.2, -0.15) is 0 Å². The van der Waals surface area contributed by atoms with Crippen LogP contribution in [-0.2, 0) is 4.74 Å². The SMILES string of the molecule is COCCNCC(C)N(CC1CC1)C(C)C. The molecule has 0 heterocycles. The molecule has 0 radical (unpaired) electrons. The van der Waals surface area contributed by atoms with Crippen LogP contribution in [0.2, 0.25) is 0 Å². The van der Waals surface area contributed by atoms with Crippen molar-refractivity contribution in [3.05, 3.63) is 0 Å². The molecule has 1 N–H and O–H groups in total. The standard InChI is InChI=1S/C13H28N2O/c1-11(2)15(10-13-5-6-13)12(3)9-14-7-8-16-4/h11-14H,5-10H2,1-4H3. The summed E-state index contributed by atoms with van der Waals surface area (Å²) in [5.74, 6) is 0.976. The Balaban J connectivity index is 2.20. The van der Waals surface area contributed by atoms with Crippen LogP contribution < -0.4 is 5.32 Å². The lowest BCUT2D eigenvalue weighted by molar-refractivity contribution is 0.148. The zero-order valence-corrected chi connectivity index (χ0v) is 11.3. The van der Waals surface area contributed by atoms with Crippen molar-refractivity contribution in [1.82, 2.24) is 10.2 Å². The van der Waals surface area contributed by atoms with E-state index in [1.54, 1.807) is 7.11 Å². The van der Waals surface area contributed by atoms with Crippen LogP contribution in [0, 0.1) is 5.92 Å². The number of methoxy groups -OCH3 is 1. The maximum atomic E-state index is 5.03. The third-order valence-electron chi connectivity index (χ3n) is 3.32. The number of hydrogen-bond donors (Lipinski definition) is 1. The monoisotopic (exact) mass is 228 g/mol. The number of rotatable bonds is 9. The van der Waals surface area contributed by atoms with Gasteiger partial charge >= 0.3 is 0 Å². The summed E-state index contributed by atoms with van der Waals surface area (Å²) in [6.45, 7) is 11.0. The summed E-state index contributed by atoms with van der Waals surface area (Å²) >= 11 is 0. The van der Waals surface area contributed by atoms with Gasteiger partial charge in [-0.05, 0) is 39.5 Å². The predicted octanol–water partition coefficient (Wildman–Crippen LogP) is 1.73. The van der Waals surface area contributed by atoms with Crippen molar-refractivity contribution in [2.24, 2.45) is 5.92 Å². The van der Waals surface area contributed by atoms with E-state index in [-0.39, 0.29) is 0 Å². The van der Waals surface area contributed by atoms with Gasteiger partial charge in [0.1, 0.15) is 0 Å². The molecule has 0 spiro atoms. The predicted molar refractivity (Wildman–Crippen MR) is 68.8 cm³/mol. The number of nitrogens with one attached hydrogen (secondary N) is 1. The molecule has 1 atom stereocenters. The van der Waals surface area contributed by atoms with Crippen molar-refractivity contribution >= 4 is 0 Å². The second-order valence-electron chi connectivity index (χ2n) is 5.28. The van der Waals surface area contributed by atoms with Crippen LogP contribution in [0.25, 0.3) is 0 Å². The Morgan fingerprint density at radius 1 is 1.31 bits per heavy atom. The van der Waals surface area contributed by atoms with E-state index >= 15 is 0 Å². The molecule has 0 aliphatic heterocycles. The Hall–Kier alpha value is -0.120. The fraction of sp³-hybridized carbons (Fsp3) is 1.00. The molecule has 1 aliphatic carbocycles. The van der Waals surface area contributed by atoms with Crippen LogP contribution in [0.15, 0.2) is 0 Å². The molecule has 1 aliphatic rings. The first-order valence-electron chi connectivity index (χ1n) is 6.60. The summed E-state index contributed by atoms with van der Waals surface area (Å²) in [5, 5.41) is 3.45. The maximum absolute atomic E-state index is 5.03. The van der Waals surface area contributed by atoms with Gasteiger partial charge in [-0.1, -0.05) is 0 Å². The lowest BCUT2D eigenvalue weighted by Crippen LogP contribution is -2.45. The molecule has 0 bridgehead atoms. The Bertz CT molecular complexity index is 181. The first kappa shape index (κ1) is 13.9. The zero-order valence-electron chi connectivity index (χ0n) is 11.3. The summed E-state index contributed by atoms with van der Waals surface area (Å²) in [6.07, 6.45) is 2.88. The molecule has 3 heteroatoms. The highest BCUT2D eigenvalue weighted by Crippen LogP contribution is 2.30. The second-order valence-corrected chi connectivity index (χ2v) is 5.28. The van der Waals surface area contributed by atoms with Crippen LogP contribution >= 0.6 is 0 Å². The minimum atomic E-state index is 0.623. The van der Waals surface area contributed by atoms with E-state index in [0.29, 0.717) is 12.1 Å². The number of nitrogens with zero attached hydrogens (tertiary/aromatic N) is 1. The quantitative estimate of drug-likeness (QED) is 0.608. The lowest BCUT2D eigenvalue weighted by atomic mass is 10.2. The Morgan fingerprint density at radius 2 is 2.00 bits per heavy atom. The average molecular weight is 228 g/mol. The topological polar surface area (TPSA) is 24.5 Å². The van der Waals surface area contributed by atoms with Gasteiger partial charge in [-0.3, -0.25) is 4.90 Å². The summed E-state index contributed by atoms with van der Waals surface area (Å²) in [6, 6.07) is 1.28. The molecule has 1 unspecified atom stereocenters. The summed E-state index contributed by atoms with van der Waals surface area (Å²) in [7, 11) is 1.75. The molecule has 96 valence electrons. The molecular formula is C13H28N2O. The largest absolute Gasteiger partial charge is 0.383 e. The van der Waals surface area contributed by atoms with E-state index in [2.05, 4.69) is 31.0 Å².